The number of aromatic amines is 1. The first-order chi connectivity index (χ1) is 8.24. The maximum Gasteiger partial charge on any atom is 0.126 e. The lowest BCUT2D eigenvalue weighted by Gasteiger charge is -2.04. The van der Waals surface area contributed by atoms with Crippen LogP contribution in [-0.2, 0) is 13.0 Å². The molecule has 1 aromatic heterocycles. The van der Waals surface area contributed by atoms with Gasteiger partial charge in [-0.3, -0.25) is 0 Å². The van der Waals surface area contributed by atoms with Gasteiger partial charge in [-0.1, -0.05) is 0 Å². The molecule has 0 bridgehead atoms. The van der Waals surface area contributed by atoms with Gasteiger partial charge in [0.05, 0.1) is 0 Å². The van der Waals surface area contributed by atoms with E-state index in [0.29, 0.717) is 18.5 Å². The maximum atomic E-state index is 12.9. The molecule has 1 aromatic carbocycles. The molecule has 0 amide bonds. The number of hydrogen-bond donors (Lipinski definition) is 2. The predicted molar refractivity (Wildman–Crippen MR) is 62.6 cm³/mol. The molecule has 4 heteroatoms. The van der Waals surface area contributed by atoms with Gasteiger partial charge in [0.2, 0.25) is 0 Å². The number of rotatable bonds is 5. The minimum Gasteiger partial charge on any atom is -0.367 e. The van der Waals surface area contributed by atoms with E-state index in [9.17, 15) is 8.78 Å². The van der Waals surface area contributed by atoms with Crippen molar-refractivity contribution in [3.63, 3.8) is 0 Å². The number of aromatic nitrogens is 1. The van der Waals surface area contributed by atoms with Crippen molar-refractivity contribution in [1.82, 2.24) is 10.3 Å². The number of nitrogens with one attached hydrogen (secondary N) is 2. The van der Waals surface area contributed by atoms with Crippen LogP contribution in [0.1, 0.15) is 11.1 Å². The normalized spacial score (nSPS) is 10.7. The van der Waals surface area contributed by atoms with Gasteiger partial charge in [0, 0.05) is 25.0 Å². The Labute approximate surface area is 98.7 Å². The van der Waals surface area contributed by atoms with Gasteiger partial charge in [-0.25, -0.2) is 8.78 Å². The fourth-order valence-corrected chi connectivity index (χ4v) is 1.69. The lowest BCUT2D eigenvalue weighted by Crippen LogP contribution is -2.16. The van der Waals surface area contributed by atoms with Crippen LogP contribution in [0, 0.1) is 11.6 Å². The Morgan fingerprint density at radius 3 is 2.47 bits per heavy atom. The second kappa shape index (κ2) is 5.59. The average Bonchev–Trinajstić information content (AvgIpc) is 2.76. The Bertz CT molecular complexity index is 446. The number of benzene rings is 1. The van der Waals surface area contributed by atoms with E-state index < -0.39 is 11.6 Å². The number of halogens is 2. The summed E-state index contributed by atoms with van der Waals surface area (Å²) in [7, 11) is 0. The van der Waals surface area contributed by atoms with Crippen LogP contribution >= 0.6 is 0 Å². The molecule has 2 N–H and O–H groups in total. The van der Waals surface area contributed by atoms with E-state index in [0.717, 1.165) is 18.2 Å². The van der Waals surface area contributed by atoms with Crippen LogP contribution in [0.25, 0.3) is 0 Å². The second-order valence-electron chi connectivity index (χ2n) is 3.92. The number of H-pyrrole nitrogens is 1. The Kier molecular flexibility index (Phi) is 3.88. The first-order valence-corrected chi connectivity index (χ1v) is 5.51. The zero-order chi connectivity index (χ0) is 12.1. The fourth-order valence-electron chi connectivity index (χ4n) is 1.69. The number of hydrogen-bond acceptors (Lipinski definition) is 1. The molecular weight excluding hydrogens is 222 g/mol. The van der Waals surface area contributed by atoms with Crippen LogP contribution in [0.4, 0.5) is 8.78 Å². The summed E-state index contributed by atoms with van der Waals surface area (Å²) in [6.45, 7) is 1.44. The SMILES string of the molecule is Fc1cc(F)cc(CCNCc2cc[nH]c2)c1. The van der Waals surface area contributed by atoms with Gasteiger partial charge in [-0.2, -0.15) is 0 Å². The molecule has 0 saturated carbocycles. The lowest BCUT2D eigenvalue weighted by molar-refractivity contribution is 0.577. The molecule has 2 nitrogen and oxygen atoms in total. The van der Waals surface area contributed by atoms with Crippen LogP contribution in [0.3, 0.4) is 0 Å². The molecule has 1 heterocycles. The van der Waals surface area contributed by atoms with Crippen LogP contribution in [-0.4, -0.2) is 11.5 Å². The molecule has 2 aromatic rings. The van der Waals surface area contributed by atoms with Crippen molar-refractivity contribution in [2.75, 3.05) is 6.54 Å². The van der Waals surface area contributed by atoms with Crippen molar-refractivity contribution < 1.29 is 8.78 Å². The molecule has 0 aliphatic heterocycles. The minimum absolute atomic E-state index is 0.523. The highest BCUT2D eigenvalue weighted by Crippen LogP contribution is 2.08. The summed E-state index contributed by atoms with van der Waals surface area (Å²) < 4.78 is 25.8. The smallest absolute Gasteiger partial charge is 0.126 e. The molecule has 0 unspecified atom stereocenters. The maximum absolute atomic E-state index is 12.9. The van der Waals surface area contributed by atoms with E-state index >= 15 is 0 Å². The third-order valence-corrected chi connectivity index (χ3v) is 2.50. The Morgan fingerprint density at radius 2 is 1.82 bits per heavy atom. The van der Waals surface area contributed by atoms with Crippen LogP contribution in [0.2, 0.25) is 0 Å². The quantitative estimate of drug-likeness (QED) is 0.767. The topological polar surface area (TPSA) is 27.8 Å². The Hall–Kier alpha value is -1.68. The van der Waals surface area contributed by atoms with Crippen LogP contribution in [0.5, 0.6) is 0 Å². The summed E-state index contributed by atoms with van der Waals surface area (Å²) >= 11 is 0. The third-order valence-electron chi connectivity index (χ3n) is 2.50. The molecule has 0 spiro atoms. The van der Waals surface area contributed by atoms with Gasteiger partial charge in [0.25, 0.3) is 0 Å². The third kappa shape index (κ3) is 3.67. The minimum atomic E-state index is -0.523. The van der Waals surface area contributed by atoms with Gasteiger partial charge < -0.3 is 10.3 Å². The Balaban J connectivity index is 1.78. The highest BCUT2D eigenvalue weighted by molar-refractivity contribution is 5.18. The van der Waals surface area contributed by atoms with Crippen molar-refractivity contribution in [2.24, 2.45) is 0 Å². The van der Waals surface area contributed by atoms with E-state index in [4.69, 9.17) is 0 Å². The van der Waals surface area contributed by atoms with Crippen LogP contribution in [0.15, 0.2) is 36.7 Å². The summed E-state index contributed by atoms with van der Waals surface area (Å²) in [5, 5.41) is 3.21. The van der Waals surface area contributed by atoms with E-state index in [1.165, 1.54) is 12.1 Å². The van der Waals surface area contributed by atoms with E-state index in [2.05, 4.69) is 10.3 Å². The predicted octanol–water partition coefficient (Wildman–Crippen LogP) is 2.63. The summed E-state index contributed by atoms with van der Waals surface area (Å²) in [5.41, 5.74) is 1.83. The first kappa shape index (κ1) is 11.8. The largest absolute Gasteiger partial charge is 0.367 e. The molecule has 2 rings (SSSR count). The first-order valence-electron chi connectivity index (χ1n) is 5.51. The monoisotopic (exact) mass is 236 g/mol. The lowest BCUT2D eigenvalue weighted by atomic mass is 10.1. The van der Waals surface area contributed by atoms with Crippen molar-refractivity contribution in [3.8, 4) is 0 Å². The molecule has 0 fully saturated rings. The van der Waals surface area contributed by atoms with Gasteiger partial charge in [-0.05, 0) is 42.3 Å². The fraction of sp³-hybridized carbons (Fsp3) is 0.231. The van der Waals surface area contributed by atoms with Crippen LogP contribution < -0.4 is 5.32 Å². The second-order valence-corrected chi connectivity index (χ2v) is 3.92. The van der Waals surface area contributed by atoms with E-state index in [1.54, 1.807) is 0 Å². The molecule has 17 heavy (non-hydrogen) atoms. The van der Waals surface area contributed by atoms with Crippen molar-refractivity contribution in [3.05, 3.63) is 59.4 Å². The zero-order valence-corrected chi connectivity index (χ0v) is 9.34. The van der Waals surface area contributed by atoms with Gasteiger partial charge in [-0.15, -0.1) is 0 Å². The Morgan fingerprint density at radius 1 is 1.06 bits per heavy atom. The molecule has 0 saturated heterocycles. The molecule has 90 valence electrons. The van der Waals surface area contributed by atoms with Crippen molar-refractivity contribution >= 4 is 0 Å². The summed E-state index contributed by atoms with van der Waals surface area (Å²) in [5.74, 6) is -1.05. The average molecular weight is 236 g/mol. The summed E-state index contributed by atoms with van der Waals surface area (Å²) in [6.07, 6.45) is 4.38. The summed E-state index contributed by atoms with van der Waals surface area (Å²) in [6, 6.07) is 5.59. The highest BCUT2D eigenvalue weighted by Gasteiger charge is 2.00. The van der Waals surface area contributed by atoms with Gasteiger partial charge >= 0.3 is 0 Å². The molecule has 0 radical (unpaired) electrons. The standard InChI is InChI=1S/C13H14F2N2/c14-12-5-10(6-13(15)7-12)1-3-16-8-11-2-4-17-9-11/h2,4-7,9,16-17H,1,3,8H2. The van der Waals surface area contributed by atoms with Crippen molar-refractivity contribution in [2.45, 2.75) is 13.0 Å². The van der Waals surface area contributed by atoms with Gasteiger partial charge in [0.1, 0.15) is 11.6 Å². The highest BCUT2D eigenvalue weighted by atomic mass is 19.1. The summed E-state index contributed by atoms with van der Waals surface area (Å²) in [4.78, 5) is 2.96. The van der Waals surface area contributed by atoms with Gasteiger partial charge in [0.15, 0.2) is 0 Å². The zero-order valence-electron chi connectivity index (χ0n) is 9.34. The molecular formula is C13H14F2N2. The van der Waals surface area contributed by atoms with E-state index in [1.807, 2.05) is 18.5 Å². The van der Waals surface area contributed by atoms with E-state index in [-0.39, 0.29) is 0 Å². The molecule has 0 aliphatic carbocycles. The van der Waals surface area contributed by atoms with Crippen molar-refractivity contribution in [1.29, 1.82) is 0 Å². The molecule has 0 atom stereocenters. The molecule has 0 aliphatic rings.